The molecule has 21 heavy (non-hydrogen) atoms. The summed E-state index contributed by atoms with van der Waals surface area (Å²) < 4.78 is 27.0. The molecule has 0 aromatic carbocycles. The fraction of sp³-hybridized carbons (Fsp3) is 0.800. The number of hydrogen-bond acceptors (Lipinski definition) is 3. The average molecular weight is 313 g/mol. The molecule has 0 spiro atoms. The molecule has 1 aromatic rings. The molecule has 1 aliphatic rings. The molecule has 0 bridgehead atoms. The summed E-state index contributed by atoms with van der Waals surface area (Å²) in [5.74, 6) is 1.29. The maximum absolute atomic E-state index is 12.7. The van der Waals surface area contributed by atoms with Crippen LogP contribution in [0.3, 0.4) is 0 Å². The highest BCUT2D eigenvalue weighted by Gasteiger charge is 2.32. The zero-order valence-corrected chi connectivity index (χ0v) is 14.3. The first-order valence-corrected chi connectivity index (χ1v) is 9.23. The highest BCUT2D eigenvalue weighted by molar-refractivity contribution is 7.89. The summed E-state index contributed by atoms with van der Waals surface area (Å²) in [6.07, 6.45) is 5.11. The summed E-state index contributed by atoms with van der Waals surface area (Å²) in [6.45, 7) is 9.88. The van der Waals surface area contributed by atoms with Gasteiger partial charge in [-0.05, 0) is 30.6 Å². The number of imidazole rings is 1. The third-order valence-corrected chi connectivity index (χ3v) is 6.28. The minimum Gasteiger partial charge on any atom is -0.332 e. The lowest BCUT2D eigenvalue weighted by Crippen LogP contribution is -2.32. The predicted octanol–water partition coefficient (Wildman–Crippen LogP) is 2.81. The van der Waals surface area contributed by atoms with Crippen molar-refractivity contribution in [2.24, 2.45) is 11.3 Å². The van der Waals surface area contributed by atoms with Crippen LogP contribution in [0.2, 0.25) is 0 Å². The number of H-pyrrole nitrogens is 1. The van der Waals surface area contributed by atoms with Gasteiger partial charge in [-0.15, -0.1) is 0 Å². The number of nitrogens with zero attached hydrogens (tertiary/aromatic N) is 2. The van der Waals surface area contributed by atoms with Crippen LogP contribution in [0.5, 0.6) is 0 Å². The lowest BCUT2D eigenvalue weighted by atomic mass is 9.77. The first-order valence-electron chi connectivity index (χ1n) is 7.79. The number of sulfonamides is 1. The van der Waals surface area contributed by atoms with Gasteiger partial charge in [-0.2, -0.15) is 4.31 Å². The monoisotopic (exact) mass is 313 g/mol. The molecule has 0 radical (unpaired) electrons. The minimum atomic E-state index is -3.43. The normalized spacial score (nSPS) is 22.2. The molecule has 1 aliphatic heterocycles. The number of nitrogens with one attached hydrogen (secondary N) is 1. The van der Waals surface area contributed by atoms with Crippen LogP contribution in [0.4, 0.5) is 0 Å². The Labute approximate surface area is 128 Å². The van der Waals surface area contributed by atoms with Gasteiger partial charge >= 0.3 is 0 Å². The Balaban J connectivity index is 2.14. The van der Waals surface area contributed by atoms with Gasteiger partial charge in [0.1, 0.15) is 5.82 Å². The average Bonchev–Trinajstić information content (AvgIpc) is 2.73. The topological polar surface area (TPSA) is 66.1 Å². The molecule has 1 unspecified atom stereocenters. The van der Waals surface area contributed by atoms with Gasteiger partial charge < -0.3 is 4.98 Å². The van der Waals surface area contributed by atoms with Gasteiger partial charge in [0, 0.05) is 19.5 Å². The Bertz CT molecular complexity index is 572. The molecule has 2 heterocycles. The zero-order chi connectivity index (χ0) is 15.7. The van der Waals surface area contributed by atoms with Crippen molar-refractivity contribution < 1.29 is 8.42 Å². The van der Waals surface area contributed by atoms with E-state index in [0.717, 1.165) is 25.1 Å². The second kappa shape index (κ2) is 6.08. The van der Waals surface area contributed by atoms with E-state index in [1.165, 1.54) is 6.20 Å². The van der Waals surface area contributed by atoms with Crippen molar-refractivity contribution in [2.45, 2.75) is 58.4 Å². The third kappa shape index (κ3) is 3.66. The van der Waals surface area contributed by atoms with Gasteiger partial charge in [0.15, 0.2) is 5.03 Å². The van der Waals surface area contributed by atoms with Gasteiger partial charge in [-0.25, -0.2) is 13.4 Å². The van der Waals surface area contributed by atoms with E-state index in [1.807, 2.05) is 6.92 Å². The number of hydrogen-bond donors (Lipinski definition) is 1. The van der Waals surface area contributed by atoms with Gasteiger partial charge in [0.25, 0.3) is 10.0 Å². The van der Waals surface area contributed by atoms with Crippen molar-refractivity contribution >= 4 is 10.0 Å². The summed E-state index contributed by atoms with van der Waals surface area (Å²) in [5.41, 5.74) is 0.239. The number of aryl methyl sites for hydroxylation is 1. The first kappa shape index (κ1) is 16.5. The molecule has 5 nitrogen and oxygen atoms in total. The van der Waals surface area contributed by atoms with E-state index in [9.17, 15) is 8.42 Å². The molecule has 1 fully saturated rings. The molecule has 0 aliphatic carbocycles. The quantitative estimate of drug-likeness (QED) is 0.933. The fourth-order valence-electron chi connectivity index (χ4n) is 2.97. The summed E-state index contributed by atoms with van der Waals surface area (Å²) >= 11 is 0. The van der Waals surface area contributed by atoms with E-state index in [2.05, 4.69) is 30.7 Å². The van der Waals surface area contributed by atoms with E-state index < -0.39 is 10.0 Å². The standard InChI is InChI=1S/C15H27N3O2S/c1-5-13-16-11-14(17-13)21(19,20)18-9-6-7-12(8-10-18)15(2,3)4/h11-12H,5-10H2,1-4H3,(H,16,17). The zero-order valence-electron chi connectivity index (χ0n) is 13.5. The third-order valence-electron chi connectivity index (χ3n) is 4.47. The second-order valence-corrected chi connectivity index (χ2v) is 8.85. The van der Waals surface area contributed by atoms with Crippen molar-refractivity contribution in [3.8, 4) is 0 Å². The van der Waals surface area contributed by atoms with Gasteiger partial charge in [0.05, 0.1) is 6.20 Å². The molecule has 1 atom stereocenters. The number of aromatic amines is 1. The van der Waals surface area contributed by atoms with Crippen LogP contribution in [-0.2, 0) is 16.4 Å². The highest BCUT2D eigenvalue weighted by Crippen LogP contribution is 2.35. The Kier molecular flexibility index (Phi) is 4.78. The Morgan fingerprint density at radius 1 is 1.33 bits per heavy atom. The molecular weight excluding hydrogens is 286 g/mol. The largest absolute Gasteiger partial charge is 0.332 e. The number of aromatic nitrogens is 2. The van der Waals surface area contributed by atoms with E-state index in [4.69, 9.17) is 0 Å². The van der Waals surface area contributed by atoms with Gasteiger partial charge in [-0.1, -0.05) is 27.7 Å². The first-order chi connectivity index (χ1) is 9.75. The SMILES string of the molecule is CCc1ncc(S(=O)(=O)N2CCCC(C(C)(C)C)CC2)[nH]1. The molecular formula is C15H27N3O2S. The van der Waals surface area contributed by atoms with E-state index in [1.54, 1.807) is 4.31 Å². The lowest BCUT2D eigenvalue weighted by Gasteiger charge is -2.29. The smallest absolute Gasteiger partial charge is 0.260 e. The van der Waals surface area contributed by atoms with Crippen molar-refractivity contribution in [1.29, 1.82) is 0 Å². The van der Waals surface area contributed by atoms with Crippen LogP contribution in [0.25, 0.3) is 0 Å². The van der Waals surface area contributed by atoms with Gasteiger partial charge in [0.2, 0.25) is 0 Å². The highest BCUT2D eigenvalue weighted by atomic mass is 32.2. The predicted molar refractivity (Wildman–Crippen MR) is 83.5 cm³/mol. The molecule has 0 amide bonds. The van der Waals surface area contributed by atoms with Crippen LogP contribution in [0.15, 0.2) is 11.2 Å². The maximum Gasteiger partial charge on any atom is 0.260 e. The summed E-state index contributed by atoms with van der Waals surface area (Å²) in [6, 6.07) is 0. The summed E-state index contributed by atoms with van der Waals surface area (Å²) in [7, 11) is -3.43. The van der Waals surface area contributed by atoms with Crippen molar-refractivity contribution in [2.75, 3.05) is 13.1 Å². The molecule has 1 N–H and O–H groups in total. The molecule has 2 rings (SSSR count). The Hall–Kier alpha value is -0.880. The van der Waals surface area contributed by atoms with E-state index in [0.29, 0.717) is 25.4 Å². The number of rotatable bonds is 3. The van der Waals surface area contributed by atoms with Crippen LogP contribution in [0, 0.1) is 11.3 Å². The van der Waals surface area contributed by atoms with E-state index >= 15 is 0 Å². The van der Waals surface area contributed by atoms with Crippen molar-refractivity contribution in [3.05, 3.63) is 12.0 Å². The Morgan fingerprint density at radius 3 is 2.62 bits per heavy atom. The van der Waals surface area contributed by atoms with Crippen LogP contribution in [0.1, 0.15) is 52.8 Å². The van der Waals surface area contributed by atoms with E-state index in [-0.39, 0.29) is 10.4 Å². The molecule has 0 saturated carbocycles. The fourth-order valence-corrected chi connectivity index (χ4v) is 4.40. The van der Waals surface area contributed by atoms with Crippen LogP contribution >= 0.6 is 0 Å². The maximum atomic E-state index is 12.7. The molecule has 1 saturated heterocycles. The van der Waals surface area contributed by atoms with Crippen LogP contribution < -0.4 is 0 Å². The molecule has 6 heteroatoms. The van der Waals surface area contributed by atoms with Crippen molar-refractivity contribution in [3.63, 3.8) is 0 Å². The second-order valence-electron chi connectivity index (χ2n) is 6.95. The lowest BCUT2D eigenvalue weighted by molar-refractivity contribution is 0.217. The Morgan fingerprint density at radius 2 is 2.05 bits per heavy atom. The molecule has 1 aromatic heterocycles. The summed E-state index contributed by atoms with van der Waals surface area (Å²) in [5, 5.41) is 0.230. The van der Waals surface area contributed by atoms with Crippen molar-refractivity contribution in [1.82, 2.24) is 14.3 Å². The van der Waals surface area contributed by atoms with Gasteiger partial charge in [-0.3, -0.25) is 0 Å². The van der Waals surface area contributed by atoms with Crippen LogP contribution in [-0.4, -0.2) is 35.8 Å². The minimum absolute atomic E-state index is 0.230. The molecule has 120 valence electrons. The summed E-state index contributed by atoms with van der Waals surface area (Å²) in [4.78, 5) is 7.03.